The highest BCUT2D eigenvalue weighted by molar-refractivity contribution is 5.75. The summed E-state index contributed by atoms with van der Waals surface area (Å²) in [5.74, 6) is -0.676. The SMILES string of the molecule is CCn1nc(C)c([N+](=O)[O-])c1NCC(C)(CC)C(=O)O. The molecule has 1 aromatic heterocycles. The first-order valence-corrected chi connectivity index (χ1v) is 6.45. The Labute approximate surface area is 116 Å². The van der Waals surface area contributed by atoms with Crippen molar-refractivity contribution in [1.29, 1.82) is 0 Å². The summed E-state index contributed by atoms with van der Waals surface area (Å²) in [6.07, 6.45) is 0.419. The van der Waals surface area contributed by atoms with Crippen molar-refractivity contribution < 1.29 is 14.8 Å². The van der Waals surface area contributed by atoms with Gasteiger partial charge in [-0.05, 0) is 27.2 Å². The molecule has 1 heterocycles. The molecule has 0 aliphatic heterocycles. The van der Waals surface area contributed by atoms with Crippen LogP contribution in [0.5, 0.6) is 0 Å². The zero-order valence-corrected chi connectivity index (χ0v) is 12.1. The van der Waals surface area contributed by atoms with Crippen LogP contribution < -0.4 is 5.32 Å². The monoisotopic (exact) mass is 284 g/mol. The van der Waals surface area contributed by atoms with Gasteiger partial charge in [0.2, 0.25) is 5.82 Å². The molecule has 0 radical (unpaired) electrons. The van der Waals surface area contributed by atoms with Gasteiger partial charge in [-0.1, -0.05) is 6.92 Å². The van der Waals surface area contributed by atoms with Crippen molar-refractivity contribution >= 4 is 17.5 Å². The minimum absolute atomic E-state index is 0.101. The Hall–Kier alpha value is -2.12. The smallest absolute Gasteiger partial charge is 0.333 e. The molecule has 1 unspecified atom stereocenters. The van der Waals surface area contributed by atoms with Crippen molar-refractivity contribution in [3.05, 3.63) is 15.8 Å². The van der Waals surface area contributed by atoms with Gasteiger partial charge in [-0.15, -0.1) is 0 Å². The summed E-state index contributed by atoms with van der Waals surface area (Å²) in [4.78, 5) is 21.9. The fourth-order valence-electron chi connectivity index (χ4n) is 1.83. The quantitative estimate of drug-likeness (QED) is 0.585. The van der Waals surface area contributed by atoms with E-state index in [1.807, 2.05) is 6.92 Å². The number of nitrogens with one attached hydrogen (secondary N) is 1. The Morgan fingerprint density at radius 2 is 2.15 bits per heavy atom. The second-order valence-electron chi connectivity index (χ2n) is 4.93. The van der Waals surface area contributed by atoms with Crippen LogP contribution in [-0.4, -0.2) is 32.3 Å². The summed E-state index contributed by atoms with van der Waals surface area (Å²) >= 11 is 0. The molecule has 1 rings (SSSR count). The summed E-state index contributed by atoms with van der Waals surface area (Å²) in [6, 6.07) is 0. The van der Waals surface area contributed by atoms with E-state index < -0.39 is 16.3 Å². The van der Waals surface area contributed by atoms with Crippen molar-refractivity contribution in [2.24, 2.45) is 5.41 Å². The van der Waals surface area contributed by atoms with Crippen LogP contribution in [0.2, 0.25) is 0 Å². The van der Waals surface area contributed by atoms with Crippen LogP contribution in [0, 0.1) is 22.5 Å². The van der Waals surface area contributed by atoms with Crippen LogP contribution in [0.25, 0.3) is 0 Å². The molecular weight excluding hydrogens is 264 g/mol. The lowest BCUT2D eigenvalue weighted by Gasteiger charge is -2.23. The van der Waals surface area contributed by atoms with Crippen LogP contribution in [-0.2, 0) is 11.3 Å². The molecule has 1 aromatic rings. The highest BCUT2D eigenvalue weighted by atomic mass is 16.6. The topological polar surface area (TPSA) is 110 Å². The van der Waals surface area contributed by atoms with Crippen molar-refractivity contribution in [2.75, 3.05) is 11.9 Å². The number of hydrogen-bond acceptors (Lipinski definition) is 5. The molecule has 0 aliphatic carbocycles. The van der Waals surface area contributed by atoms with Gasteiger partial charge >= 0.3 is 11.7 Å². The van der Waals surface area contributed by atoms with Gasteiger partial charge in [0.1, 0.15) is 5.69 Å². The van der Waals surface area contributed by atoms with E-state index in [1.54, 1.807) is 20.8 Å². The standard InChI is InChI=1S/C12H20N4O4/c1-5-12(4,11(17)18)7-13-10-9(16(19)20)8(3)14-15(10)6-2/h13H,5-7H2,1-4H3,(H,17,18). The number of nitro groups is 1. The minimum atomic E-state index is -0.982. The number of aryl methyl sites for hydroxylation is 2. The van der Waals surface area contributed by atoms with E-state index in [9.17, 15) is 20.0 Å². The molecule has 2 N–H and O–H groups in total. The molecule has 8 nitrogen and oxygen atoms in total. The van der Waals surface area contributed by atoms with Crippen LogP contribution in [0.3, 0.4) is 0 Å². The Morgan fingerprint density at radius 3 is 2.55 bits per heavy atom. The molecule has 0 amide bonds. The highest BCUT2D eigenvalue weighted by Gasteiger charge is 2.33. The second-order valence-corrected chi connectivity index (χ2v) is 4.93. The van der Waals surface area contributed by atoms with Crippen LogP contribution in [0.15, 0.2) is 0 Å². The lowest BCUT2D eigenvalue weighted by Crippen LogP contribution is -2.34. The largest absolute Gasteiger partial charge is 0.481 e. The number of aliphatic carboxylic acids is 1. The summed E-state index contributed by atoms with van der Waals surface area (Å²) in [6.45, 7) is 7.32. The van der Waals surface area contributed by atoms with E-state index in [2.05, 4.69) is 10.4 Å². The van der Waals surface area contributed by atoms with E-state index >= 15 is 0 Å². The fourth-order valence-corrected chi connectivity index (χ4v) is 1.83. The van der Waals surface area contributed by atoms with Crippen molar-refractivity contribution in [2.45, 2.75) is 40.7 Å². The normalized spacial score (nSPS) is 13.8. The van der Waals surface area contributed by atoms with E-state index in [0.717, 1.165) is 0 Å². The number of anilines is 1. The second kappa shape index (κ2) is 5.89. The molecular formula is C12H20N4O4. The molecule has 0 aliphatic rings. The molecule has 0 saturated heterocycles. The van der Waals surface area contributed by atoms with E-state index in [0.29, 0.717) is 18.7 Å². The van der Waals surface area contributed by atoms with Crippen LogP contribution in [0.1, 0.15) is 32.9 Å². The van der Waals surface area contributed by atoms with Crippen molar-refractivity contribution in [3.63, 3.8) is 0 Å². The first-order chi connectivity index (χ1) is 9.26. The highest BCUT2D eigenvalue weighted by Crippen LogP contribution is 2.30. The number of aromatic nitrogens is 2. The lowest BCUT2D eigenvalue weighted by molar-refractivity contribution is -0.384. The number of carbonyl (C=O) groups is 1. The first kappa shape index (κ1) is 15.9. The summed E-state index contributed by atoms with van der Waals surface area (Å²) < 4.78 is 1.48. The Morgan fingerprint density at radius 1 is 1.55 bits per heavy atom. The van der Waals surface area contributed by atoms with Crippen molar-refractivity contribution in [3.8, 4) is 0 Å². The van der Waals surface area contributed by atoms with Gasteiger partial charge in [0.05, 0.1) is 10.3 Å². The third kappa shape index (κ3) is 2.89. The predicted molar refractivity (Wildman–Crippen MR) is 73.8 cm³/mol. The maximum Gasteiger partial charge on any atom is 0.333 e. The molecule has 0 saturated carbocycles. The molecule has 0 bridgehead atoms. The Kier molecular flexibility index (Phi) is 4.69. The molecule has 0 spiro atoms. The summed E-state index contributed by atoms with van der Waals surface area (Å²) in [7, 11) is 0. The number of nitrogens with zero attached hydrogens (tertiary/aromatic N) is 3. The summed E-state index contributed by atoms with van der Waals surface area (Å²) in [5, 5.41) is 27.3. The zero-order chi connectivity index (χ0) is 15.5. The number of carboxylic acids is 1. The number of hydrogen-bond donors (Lipinski definition) is 2. The van der Waals surface area contributed by atoms with Gasteiger partial charge in [0.15, 0.2) is 0 Å². The van der Waals surface area contributed by atoms with Gasteiger partial charge < -0.3 is 10.4 Å². The van der Waals surface area contributed by atoms with Crippen LogP contribution in [0.4, 0.5) is 11.5 Å². The van der Waals surface area contributed by atoms with E-state index in [1.165, 1.54) is 4.68 Å². The average Bonchev–Trinajstić information content (AvgIpc) is 2.71. The van der Waals surface area contributed by atoms with Gasteiger partial charge in [-0.3, -0.25) is 14.9 Å². The molecule has 0 fully saturated rings. The molecule has 112 valence electrons. The maximum atomic E-state index is 11.3. The van der Waals surface area contributed by atoms with Gasteiger partial charge in [0.25, 0.3) is 0 Å². The summed E-state index contributed by atoms with van der Waals surface area (Å²) in [5.41, 5.74) is -0.770. The van der Waals surface area contributed by atoms with Gasteiger partial charge in [0, 0.05) is 13.1 Å². The third-order valence-electron chi connectivity index (χ3n) is 3.52. The third-order valence-corrected chi connectivity index (χ3v) is 3.52. The minimum Gasteiger partial charge on any atom is -0.481 e. The zero-order valence-electron chi connectivity index (χ0n) is 12.1. The van der Waals surface area contributed by atoms with Crippen LogP contribution >= 0.6 is 0 Å². The van der Waals surface area contributed by atoms with E-state index in [4.69, 9.17) is 0 Å². The fraction of sp³-hybridized carbons (Fsp3) is 0.667. The molecule has 20 heavy (non-hydrogen) atoms. The number of carboxylic acid groups (broad SMARTS) is 1. The molecule has 8 heteroatoms. The van der Waals surface area contributed by atoms with Gasteiger partial charge in [-0.25, -0.2) is 4.68 Å². The predicted octanol–water partition coefficient (Wildman–Crippen LogP) is 2.03. The Balaban J connectivity index is 3.09. The number of rotatable bonds is 7. The van der Waals surface area contributed by atoms with Crippen molar-refractivity contribution in [1.82, 2.24) is 9.78 Å². The lowest BCUT2D eigenvalue weighted by atomic mass is 9.88. The average molecular weight is 284 g/mol. The molecule has 1 atom stereocenters. The first-order valence-electron chi connectivity index (χ1n) is 6.45. The van der Waals surface area contributed by atoms with E-state index in [-0.39, 0.29) is 18.1 Å². The maximum absolute atomic E-state index is 11.3. The molecule has 0 aromatic carbocycles. The Bertz CT molecular complexity index is 526. The van der Waals surface area contributed by atoms with Gasteiger partial charge in [-0.2, -0.15) is 5.10 Å².